The van der Waals surface area contributed by atoms with Crippen LogP contribution in [0.4, 0.5) is 92.2 Å². The molecule has 0 saturated heterocycles. The van der Waals surface area contributed by atoms with Crippen molar-refractivity contribution in [3.8, 4) is 68.1 Å². The van der Waals surface area contributed by atoms with Gasteiger partial charge in [-0.1, -0.05) is 146 Å². The van der Waals surface area contributed by atoms with Gasteiger partial charge in [-0.25, -0.2) is 0 Å². The van der Waals surface area contributed by atoms with E-state index in [0.717, 1.165) is 36.9 Å². The molecule has 0 aliphatic rings. The summed E-state index contributed by atoms with van der Waals surface area (Å²) in [7, 11) is 0. The van der Waals surface area contributed by atoms with Gasteiger partial charge >= 0.3 is 43.2 Å². The number of furan rings is 3. The van der Waals surface area contributed by atoms with Crippen LogP contribution in [-0.2, 0) is 104 Å². The predicted molar refractivity (Wildman–Crippen MR) is 413 cm³/mol. The van der Waals surface area contributed by atoms with Crippen LogP contribution in [0.3, 0.4) is 0 Å². The van der Waals surface area contributed by atoms with Crippen LogP contribution < -0.4 is 0 Å². The topological polar surface area (TPSA) is 117 Å². The summed E-state index contributed by atoms with van der Waals surface area (Å²) >= 11 is 0. The quantitative estimate of drug-likeness (QED) is 0.0911. The number of fused-ring (bicyclic) bond motifs is 9. The van der Waals surface area contributed by atoms with E-state index in [-0.39, 0.29) is 139 Å². The molecule has 3 radical (unpaired) electrons. The molecule has 0 spiro atoms. The van der Waals surface area contributed by atoms with Gasteiger partial charge in [-0.15, -0.1) is 52.6 Å². The van der Waals surface area contributed by atoms with Crippen molar-refractivity contribution in [2.75, 3.05) is 0 Å². The van der Waals surface area contributed by atoms with Crippen LogP contribution in [0.15, 0.2) is 207 Å². The minimum Gasteiger partial charge on any atom is -0.518 e. The summed E-state index contributed by atoms with van der Waals surface area (Å²) in [6.45, 7) is 6.41. The van der Waals surface area contributed by atoms with Gasteiger partial charge in [-0.05, 0) is 154 Å². The van der Waals surface area contributed by atoms with Crippen molar-refractivity contribution in [2.45, 2.75) is 84.8 Å². The second kappa shape index (κ2) is 32.9. The molecular formula is C91H50F21Ir3N6O3-3. The molecule has 639 valence electrons. The Kier molecular flexibility index (Phi) is 23.9. The zero-order chi connectivity index (χ0) is 86.4. The summed E-state index contributed by atoms with van der Waals surface area (Å²) in [6, 6.07) is 62.3. The van der Waals surface area contributed by atoms with Crippen molar-refractivity contribution in [3.63, 3.8) is 0 Å². The van der Waals surface area contributed by atoms with E-state index in [4.69, 9.17) is 13.3 Å². The molecule has 0 aliphatic heterocycles. The minimum absolute atomic E-state index is 0. The number of para-hydroxylation sites is 3. The molecule has 0 bridgehead atoms. The largest absolute Gasteiger partial charge is 0.518 e. The number of rotatable bonds is 6. The summed E-state index contributed by atoms with van der Waals surface area (Å²) in [4.78, 5) is 0. The van der Waals surface area contributed by atoms with E-state index in [2.05, 4.69) is 48.8 Å². The first kappa shape index (κ1) is 90.3. The van der Waals surface area contributed by atoms with E-state index < -0.39 is 116 Å². The van der Waals surface area contributed by atoms with E-state index in [1.807, 2.05) is 60.7 Å². The molecular weight excluding hydrogens is 2200 g/mol. The van der Waals surface area contributed by atoms with Gasteiger partial charge in [0.2, 0.25) is 0 Å². The summed E-state index contributed by atoms with van der Waals surface area (Å²) in [5, 5.41) is 32.9. The van der Waals surface area contributed by atoms with Gasteiger partial charge < -0.3 is 13.3 Å². The Morgan fingerprint density at radius 3 is 0.831 bits per heavy atom. The number of halogens is 21. The first-order chi connectivity index (χ1) is 56.9. The molecule has 0 amide bonds. The number of nitrogens with zero attached hydrogens (tertiary/aromatic N) is 6. The molecule has 6 heterocycles. The molecule has 0 fully saturated rings. The molecule has 9 nitrogen and oxygen atoms in total. The van der Waals surface area contributed by atoms with Crippen LogP contribution in [0.25, 0.3) is 166 Å². The molecule has 18 rings (SSSR count). The van der Waals surface area contributed by atoms with E-state index in [1.165, 1.54) is 19.9 Å². The van der Waals surface area contributed by atoms with Crippen molar-refractivity contribution in [3.05, 3.63) is 285 Å². The SMILES string of the molecule is Cc1c(-c2nnc(-c3[c-]c4ccccc4o3)c3cc4ccccc4cc23)cc(C(F)(F)F)c(C(F)(F)F)c1C.Cc1c(C(F)(F)F)cc(C(F)(F)F)c(-c2nnc(-c3[c-]c4ccccc4o3)c3cc4ccccc4cc23)c1C.Cc1c(C)c(C(F)(F)F)c(C(F)(F)F)c(C(F)(F)F)c1-c1nnc(-c2[c-]c3ccccc3o2)c2cc3ccccc3cc12.[Ir].[Ir].[Ir]. The summed E-state index contributed by atoms with van der Waals surface area (Å²) in [5.41, 5.74) is -16.9. The number of hydrogen-bond donors (Lipinski definition) is 0. The van der Waals surface area contributed by atoms with Crippen LogP contribution >= 0.6 is 0 Å². The Hall–Kier alpha value is -11.5. The Labute approximate surface area is 726 Å². The normalized spacial score (nSPS) is 12.4. The summed E-state index contributed by atoms with van der Waals surface area (Å²) in [6.07, 6.45) is -38.1. The maximum atomic E-state index is 14.6. The fourth-order valence-electron chi connectivity index (χ4n) is 15.4. The monoisotopic (exact) mass is 2250 g/mol. The molecule has 18 aromatic rings. The van der Waals surface area contributed by atoms with Crippen LogP contribution in [0, 0.1) is 59.7 Å². The van der Waals surface area contributed by atoms with Crippen molar-refractivity contribution in [2.24, 2.45) is 0 Å². The van der Waals surface area contributed by atoms with Crippen molar-refractivity contribution in [1.82, 2.24) is 30.6 Å². The molecule has 6 aromatic heterocycles. The molecule has 0 unspecified atom stereocenters. The van der Waals surface area contributed by atoms with Crippen molar-refractivity contribution < 1.29 is 166 Å². The summed E-state index contributed by atoms with van der Waals surface area (Å²) < 4.78 is 313. The molecule has 33 heteroatoms. The second-order valence-electron chi connectivity index (χ2n) is 28.5. The zero-order valence-electron chi connectivity index (χ0n) is 63.8. The number of hydrogen-bond acceptors (Lipinski definition) is 9. The van der Waals surface area contributed by atoms with E-state index in [0.29, 0.717) is 89.3 Å². The smallest absolute Gasteiger partial charge is 0.417 e. The fraction of sp³-hybridized carbons (Fsp3) is 0.143. The summed E-state index contributed by atoms with van der Waals surface area (Å²) in [5.74, 6) is 0.589. The second-order valence-corrected chi connectivity index (χ2v) is 28.5. The number of benzene rings is 12. The Morgan fingerprint density at radius 2 is 0.508 bits per heavy atom. The Balaban J connectivity index is 0.000000158. The van der Waals surface area contributed by atoms with Gasteiger partial charge in [0.05, 0.1) is 90.4 Å². The van der Waals surface area contributed by atoms with E-state index in [9.17, 15) is 92.2 Å². The van der Waals surface area contributed by atoms with E-state index in [1.54, 1.807) is 115 Å². The third kappa shape index (κ3) is 16.5. The van der Waals surface area contributed by atoms with Gasteiger partial charge in [-0.3, -0.25) is 0 Å². The predicted octanol–water partition coefficient (Wildman–Crippen LogP) is 29.0. The molecule has 12 aromatic carbocycles. The van der Waals surface area contributed by atoms with Crippen LogP contribution in [0.2, 0.25) is 0 Å². The van der Waals surface area contributed by atoms with E-state index >= 15 is 0 Å². The molecule has 0 saturated carbocycles. The maximum absolute atomic E-state index is 14.6. The molecule has 124 heavy (non-hydrogen) atoms. The third-order valence-corrected chi connectivity index (χ3v) is 21.3. The minimum atomic E-state index is -6.01. The fourth-order valence-corrected chi connectivity index (χ4v) is 15.4. The molecule has 0 N–H and O–H groups in total. The van der Waals surface area contributed by atoms with Crippen LogP contribution in [-0.4, -0.2) is 30.6 Å². The Bertz CT molecular complexity index is 7190. The van der Waals surface area contributed by atoms with Gasteiger partial charge in [-0.2, -0.15) is 123 Å². The first-order valence-electron chi connectivity index (χ1n) is 36.2. The van der Waals surface area contributed by atoms with Crippen molar-refractivity contribution in [1.29, 1.82) is 0 Å². The average molecular weight is 2250 g/mol. The number of alkyl halides is 21. The van der Waals surface area contributed by atoms with Gasteiger partial charge in [0.25, 0.3) is 0 Å². The molecule has 0 aliphatic carbocycles. The van der Waals surface area contributed by atoms with Crippen LogP contribution in [0.5, 0.6) is 0 Å². The average Bonchev–Trinajstić information content (AvgIpc) is 0.982. The van der Waals surface area contributed by atoms with Gasteiger partial charge in [0.15, 0.2) is 0 Å². The van der Waals surface area contributed by atoms with Gasteiger partial charge in [0.1, 0.15) is 0 Å². The van der Waals surface area contributed by atoms with Crippen LogP contribution in [0.1, 0.15) is 72.3 Å². The van der Waals surface area contributed by atoms with Gasteiger partial charge in [0, 0.05) is 110 Å². The maximum Gasteiger partial charge on any atom is 0.417 e. The molecule has 0 atom stereocenters. The first-order valence-corrected chi connectivity index (χ1v) is 36.2. The standard InChI is InChI=1S/C31H16F9N2O.2C30H17F6N2O.3Ir/c1-14-15(2)24(29(32,33)34)26(31(38,39)40)25(30(35,36)37)23(14)28-20-12-17-8-4-3-7-16(17)11-19(20)27(41-42-28)22-13-18-9-5-6-10-21(18)43-22;1-15-16(2)26(30(34,35)36)23(29(31,32)33)14-20(15)27-21-11-17-7-3-4-8-18(17)12-22(21)28(38-37-27)25-13-19-9-5-6-10-24(19)39-25;1-15-16(2)26(23(30(34,35)36)14-22(15)29(31,32)33)28-21-12-18-8-4-3-7-17(18)11-20(21)27(37-38-28)25-13-19-9-5-6-10-24(19)39-25;;;/h3-12H,1-2H3;2*3-12,14H,1-2H3;;;/q3*-1;;;. The number of aromatic nitrogens is 6. The third-order valence-electron chi connectivity index (χ3n) is 21.3. The Morgan fingerprint density at radius 1 is 0.234 bits per heavy atom. The zero-order valence-corrected chi connectivity index (χ0v) is 71.0. The van der Waals surface area contributed by atoms with Crippen molar-refractivity contribution >= 4 is 97.5 Å².